The normalized spacial score (nSPS) is 13.1. The van der Waals surface area contributed by atoms with Gasteiger partial charge in [0.1, 0.15) is 4.60 Å². The van der Waals surface area contributed by atoms with Gasteiger partial charge in [-0.25, -0.2) is 4.98 Å². The quantitative estimate of drug-likeness (QED) is 0.427. The molecule has 2 aromatic rings. The number of amides is 1. The zero-order valence-electron chi connectivity index (χ0n) is 14.4. The summed E-state index contributed by atoms with van der Waals surface area (Å²) in [5.41, 5.74) is 10.4. The molecule has 0 saturated carbocycles. The van der Waals surface area contributed by atoms with Gasteiger partial charge in [0.25, 0.3) is 0 Å². The Hall–Kier alpha value is -1.94. The second-order valence-electron chi connectivity index (χ2n) is 5.77. The number of carbonyl (C=O) groups excluding carboxylic acids is 1. The zero-order valence-corrected chi connectivity index (χ0v) is 16.0. The van der Waals surface area contributed by atoms with Crippen LogP contribution < -0.4 is 5.73 Å². The Morgan fingerprint density at radius 2 is 2.00 bits per heavy atom. The van der Waals surface area contributed by atoms with E-state index in [0.717, 1.165) is 39.5 Å². The van der Waals surface area contributed by atoms with Crippen molar-refractivity contribution >= 4 is 32.7 Å². The van der Waals surface area contributed by atoms with E-state index >= 15 is 0 Å². The van der Waals surface area contributed by atoms with Gasteiger partial charge in [-0.05, 0) is 64.5 Å². The largest absolute Gasteiger partial charge is 0.366 e. The van der Waals surface area contributed by atoms with Gasteiger partial charge in [0.05, 0.1) is 5.52 Å². The van der Waals surface area contributed by atoms with E-state index in [2.05, 4.69) is 46.9 Å². The van der Waals surface area contributed by atoms with Gasteiger partial charge in [-0.1, -0.05) is 38.1 Å². The molecule has 1 aromatic heterocycles. The number of fused-ring (bicyclic) bond motifs is 1. The van der Waals surface area contributed by atoms with Crippen LogP contribution in [0.2, 0.25) is 0 Å². The van der Waals surface area contributed by atoms with Crippen molar-refractivity contribution in [1.29, 1.82) is 0 Å². The Labute approximate surface area is 151 Å². The summed E-state index contributed by atoms with van der Waals surface area (Å²) in [5, 5.41) is 1.09. The van der Waals surface area contributed by atoms with Crippen LogP contribution in [0.5, 0.6) is 0 Å². The van der Waals surface area contributed by atoms with Crippen molar-refractivity contribution in [2.75, 3.05) is 0 Å². The molecule has 0 fully saturated rings. The third kappa shape index (κ3) is 4.12. The monoisotopic (exact) mass is 386 g/mol. The highest BCUT2D eigenvalue weighted by Gasteiger charge is 2.15. The molecule has 0 radical (unpaired) electrons. The van der Waals surface area contributed by atoms with Crippen LogP contribution in [-0.2, 0) is 11.2 Å². The minimum atomic E-state index is -0.370. The Bertz CT molecular complexity index is 821. The summed E-state index contributed by atoms with van der Waals surface area (Å²) < 4.78 is 0.808. The van der Waals surface area contributed by atoms with E-state index in [1.54, 1.807) is 6.92 Å². The summed E-state index contributed by atoms with van der Waals surface area (Å²) in [5.74, 6) is -0.370. The number of hydrogen-bond donors (Lipinski definition) is 1. The molecule has 0 spiro atoms. The lowest BCUT2D eigenvalue weighted by Gasteiger charge is -2.15. The highest BCUT2D eigenvalue weighted by atomic mass is 79.9. The van der Waals surface area contributed by atoms with Gasteiger partial charge in [0.2, 0.25) is 5.91 Å². The summed E-state index contributed by atoms with van der Waals surface area (Å²) in [6, 6.07) is 10.1. The second kappa shape index (κ2) is 8.25. The average Bonchev–Trinajstić information content (AvgIpc) is 2.57. The van der Waals surface area contributed by atoms with Crippen molar-refractivity contribution in [2.45, 2.75) is 40.0 Å². The molecular formula is C20H23BrN2O. The molecular weight excluding hydrogens is 364 g/mol. The summed E-state index contributed by atoms with van der Waals surface area (Å²) in [6.07, 6.45) is 4.60. The molecule has 4 heteroatoms. The van der Waals surface area contributed by atoms with E-state index < -0.39 is 0 Å². The predicted molar refractivity (Wildman–Crippen MR) is 104 cm³/mol. The average molecular weight is 387 g/mol. The van der Waals surface area contributed by atoms with Crippen LogP contribution >= 0.6 is 15.9 Å². The van der Waals surface area contributed by atoms with Gasteiger partial charge in [-0.2, -0.15) is 0 Å². The van der Waals surface area contributed by atoms with Crippen LogP contribution in [0.1, 0.15) is 39.2 Å². The first-order valence-corrected chi connectivity index (χ1v) is 9.00. The van der Waals surface area contributed by atoms with E-state index in [4.69, 9.17) is 5.73 Å². The van der Waals surface area contributed by atoms with Gasteiger partial charge in [-0.15, -0.1) is 0 Å². The summed E-state index contributed by atoms with van der Waals surface area (Å²) in [6.45, 7) is 6.00. The molecule has 0 bridgehead atoms. The molecule has 0 aliphatic rings. The van der Waals surface area contributed by atoms with Crippen LogP contribution in [0, 0.1) is 0 Å². The Morgan fingerprint density at radius 1 is 1.29 bits per heavy atom. The number of nitrogens with two attached hydrogens (primary N) is 1. The first-order valence-electron chi connectivity index (χ1n) is 8.21. The van der Waals surface area contributed by atoms with E-state index in [-0.39, 0.29) is 5.91 Å². The number of allylic oxidation sites excluding steroid dienone is 3. The molecule has 126 valence electrons. The summed E-state index contributed by atoms with van der Waals surface area (Å²) in [7, 11) is 0. The molecule has 1 aromatic carbocycles. The second-order valence-corrected chi connectivity index (χ2v) is 6.52. The topological polar surface area (TPSA) is 56.0 Å². The fourth-order valence-electron chi connectivity index (χ4n) is 2.81. The summed E-state index contributed by atoms with van der Waals surface area (Å²) in [4.78, 5) is 16.4. The molecule has 0 aliphatic carbocycles. The maximum absolute atomic E-state index is 11.8. The Balaban J connectivity index is 2.54. The molecule has 2 N–H and O–H groups in total. The Morgan fingerprint density at radius 3 is 2.62 bits per heavy atom. The lowest BCUT2D eigenvalue weighted by Crippen LogP contribution is -2.15. The smallest absolute Gasteiger partial charge is 0.244 e. The van der Waals surface area contributed by atoms with Gasteiger partial charge in [0.15, 0.2) is 0 Å². The first-order chi connectivity index (χ1) is 11.5. The molecule has 0 unspecified atom stereocenters. The number of rotatable bonds is 6. The zero-order chi connectivity index (χ0) is 17.7. The molecule has 0 saturated heterocycles. The number of aromatic nitrogens is 1. The number of benzene rings is 1. The highest BCUT2D eigenvalue weighted by molar-refractivity contribution is 9.10. The number of primary amides is 1. The number of halogens is 1. The van der Waals surface area contributed by atoms with Crippen molar-refractivity contribution < 1.29 is 4.79 Å². The van der Waals surface area contributed by atoms with Crippen molar-refractivity contribution in [3.63, 3.8) is 0 Å². The fourth-order valence-corrected chi connectivity index (χ4v) is 3.26. The van der Waals surface area contributed by atoms with Crippen LogP contribution in [0.4, 0.5) is 0 Å². The maximum atomic E-state index is 11.8. The highest BCUT2D eigenvalue weighted by Crippen LogP contribution is 2.28. The molecule has 3 nitrogen and oxygen atoms in total. The van der Waals surface area contributed by atoms with Crippen molar-refractivity contribution in [3.8, 4) is 0 Å². The van der Waals surface area contributed by atoms with Crippen molar-refractivity contribution in [3.05, 3.63) is 63.3 Å². The minimum Gasteiger partial charge on any atom is -0.366 e. The molecule has 0 aliphatic heterocycles. The number of hydrogen-bond acceptors (Lipinski definition) is 2. The van der Waals surface area contributed by atoms with Gasteiger partial charge < -0.3 is 5.73 Å². The SMILES string of the molecule is CCC=C(CC)C(Cc1cc2ccccc2nc1Br)=C(C)C(N)=O. The van der Waals surface area contributed by atoms with E-state index in [9.17, 15) is 4.79 Å². The third-order valence-corrected chi connectivity index (χ3v) is 4.85. The van der Waals surface area contributed by atoms with Crippen LogP contribution in [0.15, 0.2) is 57.7 Å². The first kappa shape index (κ1) is 18.4. The standard InChI is InChI=1S/C20H23BrN2O/c1-4-8-14(5-2)17(13(3)20(22)24)12-16-11-15-9-6-7-10-18(15)23-19(16)21/h6-11H,4-5,12H2,1-3H3,(H2,22,24). The van der Waals surface area contributed by atoms with Gasteiger partial charge in [-0.3, -0.25) is 4.79 Å². The number of carbonyl (C=O) groups is 1. The molecule has 1 amide bonds. The molecule has 2 rings (SSSR count). The molecule has 0 atom stereocenters. The lowest BCUT2D eigenvalue weighted by molar-refractivity contribution is -0.114. The van der Waals surface area contributed by atoms with Crippen LogP contribution in [0.3, 0.4) is 0 Å². The van der Waals surface area contributed by atoms with E-state index in [1.165, 1.54) is 5.57 Å². The minimum absolute atomic E-state index is 0.370. The van der Waals surface area contributed by atoms with Crippen LogP contribution in [-0.4, -0.2) is 10.9 Å². The van der Waals surface area contributed by atoms with Crippen molar-refractivity contribution in [2.24, 2.45) is 5.73 Å². The molecule has 24 heavy (non-hydrogen) atoms. The predicted octanol–water partition coefficient (Wildman–Crippen LogP) is 5.09. The third-order valence-electron chi connectivity index (χ3n) is 4.16. The van der Waals surface area contributed by atoms with Gasteiger partial charge >= 0.3 is 0 Å². The fraction of sp³-hybridized carbons (Fsp3) is 0.300. The van der Waals surface area contributed by atoms with Crippen LogP contribution in [0.25, 0.3) is 10.9 Å². The number of pyridine rings is 1. The Kier molecular flexibility index (Phi) is 6.32. The van der Waals surface area contributed by atoms with Gasteiger partial charge in [0, 0.05) is 17.4 Å². The lowest BCUT2D eigenvalue weighted by atomic mass is 9.91. The van der Waals surface area contributed by atoms with E-state index in [1.807, 2.05) is 24.3 Å². The molecule has 1 heterocycles. The number of para-hydroxylation sites is 1. The van der Waals surface area contributed by atoms with Crippen molar-refractivity contribution in [1.82, 2.24) is 4.98 Å². The number of nitrogens with zero attached hydrogens (tertiary/aromatic N) is 1. The maximum Gasteiger partial charge on any atom is 0.244 e. The summed E-state index contributed by atoms with van der Waals surface area (Å²) >= 11 is 3.57. The van der Waals surface area contributed by atoms with E-state index in [0.29, 0.717) is 12.0 Å².